The maximum atomic E-state index is 13.5. The molecule has 1 fully saturated rings. The second-order valence-electron chi connectivity index (χ2n) is 7.67. The SMILES string of the molecule is CC[C@H]1[C@H](c2ccccc2)N[C@@H](c2ccccc2)C[C@@]1(O)c1ccc(F)cc1. The molecule has 0 aromatic heterocycles. The van der Waals surface area contributed by atoms with Crippen molar-refractivity contribution in [3.8, 4) is 0 Å². The molecule has 3 aromatic carbocycles. The Morgan fingerprint density at radius 1 is 0.893 bits per heavy atom. The average Bonchev–Trinajstić information content (AvgIpc) is 2.75. The van der Waals surface area contributed by atoms with Crippen LogP contribution in [0.5, 0.6) is 0 Å². The predicted octanol–water partition coefficient (Wildman–Crippen LogP) is 5.52. The highest BCUT2D eigenvalue weighted by atomic mass is 19.1. The molecular weight excluding hydrogens is 349 g/mol. The third-order valence-corrected chi connectivity index (χ3v) is 6.06. The van der Waals surface area contributed by atoms with Crippen LogP contribution in [0, 0.1) is 11.7 Å². The van der Waals surface area contributed by atoms with E-state index in [1.54, 1.807) is 12.1 Å². The van der Waals surface area contributed by atoms with Gasteiger partial charge in [0, 0.05) is 24.4 Å². The fourth-order valence-electron chi connectivity index (χ4n) is 4.66. The zero-order valence-corrected chi connectivity index (χ0v) is 16.1. The molecule has 3 aromatic rings. The van der Waals surface area contributed by atoms with Crippen molar-refractivity contribution in [3.63, 3.8) is 0 Å². The summed E-state index contributed by atoms with van der Waals surface area (Å²) in [4.78, 5) is 0. The van der Waals surface area contributed by atoms with Gasteiger partial charge < -0.3 is 10.4 Å². The Balaban J connectivity index is 1.81. The fourth-order valence-corrected chi connectivity index (χ4v) is 4.66. The van der Waals surface area contributed by atoms with E-state index in [1.165, 1.54) is 12.1 Å². The Kier molecular flexibility index (Phi) is 5.29. The summed E-state index contributed by atoms with van der Waals surface area (Å²) in [7, 11) is 0. The first-order valence-corrected chi connectivity index (χ1v) is 9.96. The molecule has 0 unspecified atom stereocenters. The molecule has 4 rings (SSSR count). The summed E-state index contributed by atoms with van der Waals surface area (Å²) < 4.78 is 13.5. The van der Waals surface area contributed by atoms with Gasteiger partial charge in [0.1, 0.15) is 5.82 Å². The molecule has 2 nitrogen and oxygen atoms in total. The monoisotopic (exact) mass is 375 g/mol. The van der Waals surface area contributed by atoms with Gasteiger partial charge in [-0.2, -0.15) is 0 Å². The van der Waals surface area contributed by atoms with E-state index < -0.39 is 5.60 Å². The molecule has 1 heterocycles. The lowest BCUT2D eigenvalue weighted by Crippen LogP contribution is -2.51. The van der Waals surface area contributed by atoms with Crippen molar-refractivity contribution < 1.29 is 9.50 Å². The number of aliphatic hydroxyl groups is 1. The Bertz CT molecular complexity index is 897. The van der Waals surface area contributed by atoms with Gasteiger partial charge in [-0.05, 0) is 35.2 Å². The van der Waals surface area contributed by atoms with Crippen LogP contribution in [0.4, 0.5) is 4.39 Å². The molecule has 1 saturated heterocycles. The van der Waals surface area contributed by atoms with Crippen LogP contribution in [0.25, 0.3) is 0 Å². The minimum Gasteiger partial charge on any atom is -0.385 e. The number of rotatable bonds is 4. The van der Waals surface area contributed by atoms with Crippen LogP contribution in [-0.4, -0.2) is 5.11 Å². The molecule has 0 aliphatic carbocycles. The zero-order chi connectivity index (χ0) is 19.6. The lowest BCUT2D eigenvalue weighted by atomic mass is 9.67. The van der Waals surface area contributed by atoms with Gasteiger partial charge in [0.25, 0.3) is 0 Å². The van der Waals surface area contributed by atoms with E-state index in [1.807, 2.05) is 36.4 Å². The molecular formula is C25H26FNO. The smallest absolute Gasteiger partial charge is 0.123 e. The standard InChI is InChI=1S/C25H26FNO/c1-2-22-24(19-11-7-4-8-12-19)27-23(18-9-5-3-6-10-18)17-25(22,28)20-13-15-21(26)16-14-20/h3-16,22-24,27-28H,2,17H2,1H3/t22-,23+,24-,25+/m0/s1. The zero-order valence-electron chi connectivity index (χ0n) is 16.1. The summed E-state index contributed by atoms with van der Waals surface area (Å²) >= 11 is 0. The van der Waals surface area contributed by atoms with Gasteiger partial charge in [0.15, 0.2) is 0 Å². The highest BCUT2D eigenvalue weighted by Crippen LogP contribution is 2.49. The summed E-state index contributed by atoms with van der Waals surface area (Å²) in [6.07, 6.45) is 1.35. The van der Waals surface area contributed by atoms with Crippen molar-refractivity contribution in [2.75, 3.05) is 0 Å². The average molecular weight is 375 g/mol. The minimum absolute atomic E-state index is 0.000194. The highest BCUT2D eigenvalue weighted by Gasteiger charge is 2.48. The van der Waals surface area contributed by atoms with Gasteiger partial charge in [-0.3, -0.25) is 0 Å². The van der Waals surface area contributed by atoms with Gasteiger partial charge in [-0.25, -0.2) is 4.39 Å². The van der Waals surface area contributed by atoms with E-state index in [4.69, 9.17) is 0 Å². The second kappa shape index (κ2) is 7.86. The molecule has 0 spiro atoms. The van der Waals surface area contributed by atoms with Gasteiger partial charge in [-0.1, -0.05) is 79.7 Å². The van der Waals surface area contributed by atoms with Gasteiger partial charge in [0.2, 0.25) is 0 Å². The largest absolute Gasteiger partial charge is 0.385 e. The molecule has 2 N–H and O–H groups in total. The summed E-state index contributed by atoms with van der Waals surface area (Å²) in [6.45, 7) is 2.11. The molecule has 144 valence electrons. The molecule has 0 bridgehead atoms. The van der Waals surface area contributed by atoms with E-state index in [0.717, 1.165) is 23.1 Å². The number of nitrogens with one attached hydrogen (secondary N) is 1. The Hall–Kier alpha value is -2.49. The van der Waals surface area contributed by atoms with Crippen LogP contribution in [0.2, 0.25) is 0 Å². The van der Waals surface area contributed by atoms with Gasteiger partial charge in [0.05, 0.1) is 5.60 Å². The number of piperidine rings is 1. The van der Waals surface area contributed by atoms with E-state index in [-0.39, 0.29) is 23.8 Å². The Morgan fingerprint density at radius 3 is 2.04 bits per heavy atom. The highest BCUT2D eigenvalue weighted by molar-refractivity contribution is 5.32. The third-order valence-electron chi connectivity index (χ3n) is 6.06. The normalized spacial score (nSPS) is 27.5. The first kappa shape index (κ1) is 18.9. The first-order valence-electron chi connectivity index (χ1n) is 9.96. The first-order chi connectivity index (χ1) is 13.6. The van der Waals surface area contributed by atoms with Crippen LogP contribution in [0.1, 0.15) is 48.5 Å². The van der Waals surface area contributed by atoms with E-state index in [9.17, 15) is 9.50 Å². The van der Waals surface area contributed by atoms with Crippen molar-refractivity contribution in [1.29, 1.82) is 0 Å². The maximum Gasteiger partial charge on any atom is 0.123 e. The van der Waals surface area contributed by atoms with Crippen LogP contribution in [0.3, 0.4) is 0 Å². The third kappa shape index (κ3) is 3.48. The van der Waals surface area contributed by atoms with Crippen molar-refractivity contribution in [3.05, 3.63) is 107 Å². The molecule has 3 heteroatoms. The van der Waals surface area contributed by atoms with Crippen molar-refractivity contribution in [2.24, 2.45) is 5.92 Å². The minimum atomic E-state index is -1.05. The van der Waals surface area contributed by atoms with Gasteiger partial charge in [-0.15, -0.1) is 0 Å². The van der Waals surface area contributed by atoms with Crippen LogP contribution >= 0.6 is 0 Å². The van der Waals surface area contributed by atoms with Crippen LogP contribution in [0.15, 0.2) is 84.9 Å². The van der Waals surface area contributed by atoms with E-state index >= 15 is 0 Å². The fraction of sp³-hybridized carbons (Fsp3) is 0.280. The molecule has 4 atom stereocenters. The maximum absolute atomic E-state index is 13.5. The summed E-state index contributed by atoms with van der Waals surface area (Å²) in [5.41, 5.74) is 2.05. The summed E-state index contributed by atoms with van der Waals surface area (Å²) in [5.74, 6) is -0.311. The van der Waals surface area contributed by atoms with Gasteiger partial charge >= 0.3 is 0 Å². The molecule has 0 amide bonds. The van der Waals surface area contributed by atoms with E-state index in [2.05, 4.69) is 36.5 Å². The summed E-state index contributed by atoms with van der Waals surface area (Å²) in [6, 6.07) is 26.9. The number of hydrogen-bond donors (Lipinski definition) is 2. The lowest BCUT2D eigenvalue weighted by molar-refractivity contribution is -0.0830. The molecule has 0 saturated carbocycles. The summed E-state index contributed by atoms with van der Waals surface area (Å²) in [5, 5.41) is 15.8. The van der Waals surface area contributed by atoms with Crippen LogP contribution < -0.4 is 5.32 Å². The van der Waals surface area contributed by atoms with Crippen molar-refractivity contribution in [2.45, 2.75) is 37.5 Å². The van der Waals surface area contributed by atoms with Crippen molar-refractivity contribution >= 4 is 0 Å². The molecule has 1 aliphatic heterocycles. The number of halogens is 1. The number of hydrogen-bond acceptors (Lipinski definition) is 2. The Labute approximate surface area is 166 Å². The molecule has 1 aliphatic rings. The van der Waals surface area contributed by atoms with Crippen molar-refractivity contribution in [1.82, 2.24) is 5.32 Å². The number of benzene rings is 3. The van der Waals surface area contributed by atoms with E-state index in [0.29, 0.717) is 6.42 Å². The Morgan fingerprint density at radius 2 is 1.46 bits per heavy atom. The molecule has 28 heavy (non-hydrogen) atoms. The second-order valence-corrected chi connectivity index (χ2v) is 7.67. The quantitative estimate of drug-likeness (QED) is 0.630. The lowest BCUT2D eigenvalue weighted by Gasteiger charge is -2.49. The molecule has 0 radical (unpaired) electrons. The predicted molar refractivity (Wildman–Crippen MR) is 110 cm³/mol. The topological polar surface area (TPSA) is 32.3 Å². The van der Waals surface area contributed by atoms with Crippen LogP contribution in [-0.2, 0) is 5.60 Å².